The van der Waals surface area contributed by atoms with E-state index in [2.05, 4.69) is 4.72 Å². The second-order valence-corrected chi connectivity index (χ2v) is 8.07. The standard InChI is InChI=1S/C17H27FN2O3S/c1-13(20-24(21,22)10-4-2-3-9-19)15-7-8-16(18)17(11-15)23-12-14-5-6-14/h7-8,11,13-14,20H,2-6,9-10,12,19H2,1H3/i12D2. The fourth-order valence-electron chi connectivity index (χ4n) is 2.23. The molecule has 0 amide bonds. The summed E-state index contributed by atoms with van der Waals surface area (Å²) in [6, 6.07) is 3.41. The van der Waals surface area contributed by atoms with E-state index in [0.29, 0.717) is 31.4 Å². The number of sulfonamides is 1. The van der Waals surface area contributed by atoms with Crippen LogP contribution in [-0.4, -0.2) is 27.3 Å². The first kappa shape index (κ1) is 16.3. The SMILES string of the molecule is [2H]C([2H])(Oc1cc(C(C)NS(=O)(=O)CCCCCN)ccc1F)C1CC1. The molecule has 1 aromatic carbocycles. The van der Waals surface area contributed by atoms with E-state index in [-0.39, 0.29) is 17.4 Å². The highest BCUT2D eigenvalue weighted by atomic mass is 32.2. The van der Waals surface area contributed by atoms with Crippen molar-refractivity contribution >= 4 is 10.0 Å². The molecule has 1 fully saturated rings. The maximum atomic E-state index is 14.0. The molecule has 1 aliphatic rings. The van der Waals surface area contributed by atoms with Crippen LogP contribution in [0.1, 0.15) is 53.4 Å². The van der Waals surface area contributed by atoms with Crippen molar-refractivity contribution in [3.8, 4) is 5.75 Å². The molecule has 1 atom stereocenters. The van der Waals surface area contributed by atoms with Gasteiger partial charge in [-0.25, -0.2) is 17.5 Å². The minimum absolute atomic E-state index is 0.00607. The zero-order valence-electron chi connectivity index (χ0n) is 15.9. The molecule has 0 aromatic heterocycles. The molecule has 1 aromatic rings. The van der Waals surface area contributed by atoms with E-state index < -0.39 is 28.4 Å². The van der Waals surface area contributed by atoms with Crippen LogP contribution in [0.15, 0.2) is 18.2 Å². The van der Waals surface area contributed by atoms with Gasteiger partial charge < -0.3 is 10.5 Å². The van der Waals surface area contributed by atoms with Crippen LogP contribution in [0.25, 0.3) is 0 Å². The van der Waals surface area contributed by atoms with Crippen LogP contribution < -0.4 is 15.2 Å². The number of halogens is 1. The molecule has 2 rings (SSSR count). The second kappa shape index (κ2) is 8.78. The molecule has 0 saturated heterocycles. The average molecular weight is 360 g/mol. The number of benzene rings is 1. The molecular weight excluding hydrogens is 331 g/mol. The van der Waals surface area contributed by atoms with Gasteiger partial charge in [-0.1, -0.05) is 12.5 Å². The average Bonchev–Trinajstić information content (AvgIpc) is 3.38. The van der Waals surface area contributed by atoms with Crippen molar-refractivity contribution in [3.05, 3.63) is 29.6 Å². The lowest BCUT2D eigenvalue weighted by Gasteiger charge is -2.16. The third kappa shape index (κ3) is 6.37. The highest BCUT2D eigenvalue weighted by molar-refractivity contribution is 7.89. The zero-order chi connectivity index (χ0) is 19.4. The highest BCUT2D eigenvalue weighted by Gasteiger charge is 2.23. The summed E-state index contributed by atoms with van der Waals surface area (Å²) in [6.45, 7) is 0.270. The van der Waals surface area contributed by atoms with E-state index in [1.807, 2.05) is 0 Å². The molecular formula is C17H27FN2O3S. The summed E-state index contributed by atoms with van der Waals surface area (Å²) in [7, 11) is -3.47. The minimum Gasteiger partial charge on any atom is -0.490 e. The molecule has 5 nitrogen and oxygen atoms in total. The van der Waals surface area contributed by atoms with Crippen molar-refractivity contribution in [3.63, 3.8) is 0 Å². The molecule has 136 valence electrons. The largest absolute Gasteiger partial charge is 0.490 e. The summed E-state index contributed by atoms with van der Waals surface area (Å²) in [5, 5.41) is 0. The molecule has 1 aliphatic carbocycles. The quantitative estimate of drug-likeness (QED) is 0.595. The lowest BCUT2D eigenvalue weighted by atomic mass is 10.1. The molecule has 0 radical (unpaired) electrons. The van der Waals surface area contributed by atoms with Crippen molar-refractivity contribution in [1.29, 1.82) is 0 Å². The first-order valence-electron chi connectivity index (χ1n) is 9.33. The number of rotatable bonds is 11. The van der Waals surface area contributed by atoms with Gasteiger partial charge >= 0.3 is 0 Å². The van der Waals surface area contributed by atoms with Gasteiger partial charge in [-0.15, -0.1) is 0 Å². The first-order chi connectivity index (χ1) is 12.1. The monoisotopic (exact) mass is 360 g/mol. The summed E-state index contributed by atoms with van der Waals surface area (Å²) < 4.78 is 61.8. The van der Waals surface area contributed by atoms with Gasteiger partial charge in [0.05, 0.1) is 15.1 Å². The van der Waals surface area contributed by atoms with Crippen LogP contribution in [0.5, 0.6) is 5.75 Å². The van der Waals surface area contributed by atoms with Crippen LogP contribution in [-0.2, 0) is 10.0 Å². The fraction of sp³-hybridized carbons (Fsp3) is 0.647. The Labute approximate surface area is 146 Å². The third-order valence-electron chi connectivity index (χ3n) is 3.84. The Morgan fingerprint density at radius 1 is 1.42 bits per heavy atom. The van der Waals surface area contributed by atoms with Gasteiger partial charge in [-0.05, 0) is 62.8 Å². The Kier molecular flexibility index (Phi) is 5.96. The van der Waals surface area contributed by atoms with Gasteiger partial charge in [0.1, 0.15) is 0 Å². The van der Waals surface area contributed by atoms with Crippen LogP contribution in [0.3, 0.4) is 0 Å². The predicted molar refractivity (Wildman–Crippen MR) is 92.9 cm³/mol. The van der Waals surface area contributed by atoms with Gasteiger partial charge in [-0.2, -0.15) is 0 Å². The van der Waals surface area contributed by atoms with Crippen molar-refractivity contribution in [2.45, 2.75) is 45.1 Å². The van der Waals surface area contributed by atoms with Crippen LogP contribution in [0, 0.1) is 11.7 Å². The van der Waals surface area contributed by atoms with Crippen molar-refractivity contribution in [2.24, 2.45) is 11.7 Å². The topological polar surface area (TPSA) is 81.4 Å². The van der Waals surface area contributed by atoms with E-state index in [1.165, 1.54) is 18.2 Å². The lowest BCUT2D eigenvalue weighted by Crippen LogP contribution is -2.29. The van der Waals surface area contributed by atoms with Gasteiger partial charge in [0, 0.05) is 6.04 Å². The number of hydrogen-bond donors (Lipinski definition) is 2. The molecule has 0 aliphatic heterocycles. The Hall–Kier alpha value is -1.18. The number of unbranched alkanes of at least 4 members (excludes halogenated alkanes) is 2. The normalized spacial score (nSPS) is 18.0. The fourth-order valence-corrected chi connectivity index (χ4v) is 3.60. The highest BCUT2D eigenvalue weighted by Crippen LogP contribution is 2.31. The van der Waals surface area contributed by atoms with Crippen molar-refractivity contribution < 1.29 is 20.3 Å². The Balaban J connectivity index is 2.02. The molecule has 0 bridgehead atoms. The summed E-state index contributed by atoms with van der Waals surface area (Å²) in [4.78, 5) is 0. The minimum atomic E-state index is -3.47. The summed E-state index contributed by atoms with van der Waals surface area (Å²) in [6.07, 6.45) is 3.49. The van der Waals surface area contributed by atoms with Gasteiger partial charge in [0.15, 0.2) is 11.6 Å². The smallest absolute Gasteiger partial charge is 0.212 e. The van der Waals surface area contributed by atoms with E-state index in [0.717, 1.165) is 12.8 Å². The van der Waals surface area contributed by atoms with Gasteiger partial charge in [0.2, 0.25) is 10.0 Å². The molecule has 0 heterocycles. The van der Waals surface area contributed by atoms with Crippen molar-refractivity contribution in [1.82, 2.24) is 4.72 Å². The summed E-state index contributed by atoms with van der Waals surface area (Å²) in [5.74, 6) is -1.09. The molecule has 7 heteroatoms. The third-order valence-corrected chi connectivity index (χ3v) is 5.38. The van der Waals surface area contributed by atoms with E-state index in [9.17, 15) is 12.8 Å². The molecule has 1 unspecified atom stereocenters. The predicted octanol–water partition coefficient (Wildman–Crippen LogP) is 2.72. The maximum Gasteiger partial charge on any atom is 0.212 e. The molecule has 24 heavy (non-hydrogen) atoms. The number of hydrogen-bond acceptors (Lipinski definition) is 4. The maximum absolute atomic E-state index is 14.0. The number of nitrogens with two attached hydrogens (primary N) is 1. The Bertz CT molecular complexity index is 712. The Morgan fingerprint density at radius 2 is 2.17 bits per heavy atom. The summed E-state index contributed by atoms with van der Waals surface area (Å²) >= 11 is 0. The van der Waals surface area contributed by atoms with E-state index in [1.54, 1.807) is 6.92 Å². The second-order valence-electron chi connectivity index (χ2n) is 6.19. The first-order valence-corrected chi connectivity index (χ1v) is 9.98. The van der Waals surface area contributed by atoms with Crippen molar-refractivity contribution in [2.75, 3.05) is 18.9 Å². The Morgan fingerprint density at radius 3 is 2.83 bits per heavy atom. The van der Waals surface area contributed by atoms with Gasteiger partial charge in [0.25, 0.3) is 0 Å². The molecule has 1 saturated carbocycles. The lowest BCUT2D eigenvalue weighted by molar-refractivity contribution is 0.285. The van der Waals surface area contributed by atoms with Gasteiger partial charge in [-0.3, -0.25) is 0 Å². The number of nitrogens with one attached hydrogen (secondary N) is 1. The number of ether oxygens (including phenoxy) is 1. The van der Waals surface area contributed by atoms with E-state index >= 15 is 0 Å². The zero-order valence-corrected chi connectivity index (χ0v) is 14.7. The van der Waals surface area contributed by atoms with E-state index in [4.69, 9.17) is 13.2 Å². The van der Waals surface area contributed by atoms with Crippen LogP contribution in [0.2, 0.25) is 0 Å². The molecule has 0 spiro atoms. The van der Waals surface area contributed by atoms with Crippen LogP contribution in [0.4, 0.5) is 4.39 Å². The molecule has 3 N–H and O–H groups in total. The van der Waals surface area contributed by atoms with Crippen LogP contribution >= 0.6 is 0 Å². The summed E-state index contributed by atoms with van der Waals surface area (Å²) in [5.41, 5.74) is 5.91.